The van der Waals surface area contributed by atoms with Crippen molar-refractivity contribution in [2.24, 2.45) is 11.3 Å². The van der Waals surface area contributed by atoms with E-state index in [1.54, 1.807) is 0 Å². The highest BCUT2D eigenvalue weighted by Crippen LogP contribution is 2.35. The van der Waals surface area contributed by atoms with Gasteiger partial charge in [0.05, 0.1) is 0 Å². The third-order valence-electron chi connectivity index (χ3n) is 4.56. The summed E-state index contributed by atoms with van der Waals surface area (Å²) < 4.78 is 0. The number of hydrogen-bond donors (Lipinski definition) is 2. The molecule has 2 aliphatic rings. The lowest BCUT2D eigenvalue weighted by atomic mass is 9.75. The van der Waals surface area contributed by atoms with Gasteiger partial charge in [-0.2, -0.15) is 0 Å². The Morgan fingerprint density at radius 3 is 2.29 bits per heavy atom. The lowest BCUT2D eigenvalue weighted by Gasteiger charge is -2.42. The van der Waals surface area contributed by atoms with Gasteiger partial charge in [-0.15, -0.1) is 0 Å². The standard InChI is InChI=1S/C12H24N2/c1-10(2)11(3)7-13-9-12(14-8-11)5-4-6-12/h10,13-14H,4-9H2,1-3H3. The van der Waals surface area contributed by atoms with Crippen LogP contribution in [-0.2, 0) is 0 Å². The molecule has 1 aliphatic carbocycles. The summed E-state index contributed by atoms with van der Waals surface area (Å²) in [7, 11) is 0. The molecule has 0 radical (unpaired) electrons. The summed E-state index contributed by atoms with van der Waals surface area (Å²) in [5.74, 6) is 0.748. The van der Waals surface area contributed by atoms with Gasteiger partial charge in [0.2, 0.25) is 0 Å². The van der Waals surface area contributed by atoms with E-state index in [-0.39, 0.29) is 0 Å². The van der Waals surface area contributed by atoms with E-state index in [0.29, 0.717) is 11.0 Å². The molecular weight excluding hydrogens is 172 g/mol. The van der Waals surface area contributed by atoms with Crippen LogP contribution in [0.3, 0.4) is 0 Å². The zero-order chi connectivity index (χ0) is 10.2. The molecule has 14 heavy (non-hydrogen) atoms. The maximum Gasteiger partial charge on any atom is 0.0306 e. The summed E-state index contributed by atoms with van der Waals surface area (Å²) in [6.45, 7) is 10.6. The Labute approximate surface area is 87.8 Å². The van der Waals surface area contributed by atoms with Gasteiger partial charge in [-0.25, -0.2) is 0 Å². The van der Waals surface area contributed by atoms with Crippen LogP contribution in [0.4, 0.5) is 0 Å². The highest BCUT2D eigenvalue weighted by atomic mass is 15.1. The topological polar surface area (TPSA) is 24.1 Å². The van der Waals surface area contributed by atoms with Crippen molar-refractivity contribution in [3.63, 3.8) is 0 Å². The van der Waals surface area contributed by atoms with E-state index in [9.17, 15) is 0 Å². The van der Waals surface area contributed by atoms with Crippen molar-refractivity contribution in [3.8, 4) is 0 Å². The van der Waals surface area contributed by atoms with Gasteiger partial charge in [0.25, 0.3) is 0 Å². The molecule has 0 amide bonds. The van der Waals surface area contributed by atoms with Crippen LogP contribution >= 0.6 is 0 Å². The summed E-state index contributed by atoms with van der Waals surface area (Å²) in [5.41, 5.74) is 0.895. The van der Waals surface area contributed by atoms with Crippen LogP contribution in [0.5, 0.6) is 0 Å². The Morgan fingerprint density at radius 1 is 1.07 bits per heavy atom. The van der Waals surface area contributed by atoms with Crippen LogP contribution in [0.1, 0.15) is 40.0 Å². The molecule has 1 saturated heterocycles. The Morgan fingerprint density at radius 2 is 1.79 bits per heavy atom. The lowest BCUT2D eigenvalue weighted by molar-refractivity contribution is 0.166. The fourth-order valence-electron chi connectivity index (χ4n) is 2.47. The van der Waals surface area contributed by atoms with Gasteiger partial charge >= 0.3 is 0 Å². The minimum atomic E-state index is 0.430. The first kappa shape index (κ1) is 10.4. The molecule has 0 aromatic heterocycles. The van der Waals surface area contributed by atoms with Crippen molar-refractivity contribution < 1.29 is 0 Å². The highest BCUT2D eigenvalue weighted by molar-refractivity contribution is 5.02. The first-order valence-electron chi connectivity index (χ1n) is 6.02. The number of hydrogen-bond acceptors (Lipinski definition) is 2. The summed E-state index contributed by atoms with van der Waals surface area (Å²) >= 11 is 0. The van der Waals surface area contributed by atoms with Crippen molar-refractivity contribution in [3.05, 3.63) is 0 Å². The van der Waals surface area contributed by atoms with E-state index in [1.807, 2.05) is 0 Å². The maximum atomic E-state index is 3.80. The largest absolute Gasteiger partial charge is 0.314 e. The molecule has 82 valence electrons. The van der Waals surface area contributed by atoms with Crippen LogP contribution in [0.25, 0.3) is 0 Å². The lowest BCUT2D eigenvalue weighted by Crippen LogP contribution is -2.56. The van der Waals surface area contributed by atoms with Crippen molar-refractivity contribution in [1.29, 1.82) is 0 Å². The number of rotatable bonds is 1. The zero-order valence-electron chi connectivity index (χ0n) is 9.82. The molecule has 2 heteroatoms. The van der Waals surface area contributed by atoms with Gasteiger partial charge in [-0.05, 0) is 30.6 Å². The normalized spacial score (nSPS) is 36.9. The molecule has 2 N–H and O–H groups in total. The van der Waals surface area contributed by atoms with Gasteiger partial charge in [-0.1, -0.05) is 20.8 Å². The third-order valence-corrected chi connectivity index (χ3v) is 4.56. The van der Waals surface area contributed by atoms with Crippen molar-refractivity contribution in [1.82, 2.24) is 10.6 Å². The fraction of sp³-hybridized carbons (Fsp3) is 1.00. The second-order valence-corrected chi connectivity index (χ2v) is 5.90. The van der Waals surface area contributed by atoms with Crippen molar-refractivity contribution in [2.45, 2.75) is 45.6 Å². The third kappa shape index (κ3) is 1.70. The van der Waals surface area contributed by atoms with Crippen LogP contribution in [0.2, 0.25) is 0 Å². The average Bonchev–Trinajstić information content (AvgIpc) is 2.24. The van der Waals surface area contributed by atoms with E-state index in [4.69, 9.17) is 0 Å². The van der Waals surface area contributed by atoms with Crippen LogP contribution < -0.4 is 10.6 Å². The van der Waals surface area contributed by atoms with Crippen LogP contribution in [0.15, 0.2) is 0 Å². The zero-order valence-corrected chi connectivity index (χ0v) is 9.82. The molecule has 0 bridgehead atoms. The molecule has 1 saturated carbocycles. The van der Waals surface area contributed by atoms with Gasteiger partial charge in [0.1, 0.15) is 0 Å². The van der Waals surface area contributed by atoms with Crippen LogP contribution in [-0.4, -0.2) is 25.2 Å². The van der Waals surface area contributed by atoms with Crippen molar-refractivity contribution >= 4 is 0 Å². The Hall–Kier alpha value is -0.0800. The first-order valence-corrected chi connectivity index (χ1v) is 6.02. The molecular formula is C12H24N2. The monoisotopic (exact) mass is 196 g/mol. The smallest absolute Gasteiger partial charge is 0.0306 e. The number of nitrogens with one attached hydrogen (secondary N) is 2. The summed E-state index contributed by atoms with van der Waals surface area (Å²) in [4.78, 5) is 0. The van der Waals surface area contributed by atoms with Crippen LogP contribution in [0, 0.1) is 11.3 Å². The Bertz CT molecular complexity index is 208. The van der Waals surface area contributed by atoms with Gasteiger partial charge in [-0.3, -0.25) is 0 Å². The van der Waals surface area contributed by atoms with Gasteiger partial charge in [0.15, 0.2) is 0 Å². The molecule has 0 aromatic rings. The van der Waals surface area contributed by atoms with Gasteiger partial charge in [0, 0.05) is 25.2 Å². The SMILES string of the molecule is CC(C)C1(C)CNCC2(CCC2)NC1. The molecule has 2 fully saturated rings. The minimum absolute atomic E-state index is 0.430. The Balaban J connectivity index is 2.00. The summed E-state index contributed by atoms with van der Waals surface area (Å²) in [6, 6.07) is 0. The predicted molar refractivity (Wildman–Crippen MR) is 60.4 cm³/mol. The average molecular weight is 196 g/mol. The second kappa shape index (κ2) is 3.49. The minimum Gasteiger partial charge on any atom is -0.314 e. The molecule has 1 aliphatic heterocycles. The van der Waals surface area contributed by atoms with E-state index in [2.05, 4.69) is 31.4 Å². The summed E-state index contributed by atoms with van der Waals surface area (Å²) in [5, 5.41) is 7.45. The van der Waals surface area contributed by atoms with E-state index < -0.39 is 0 Å². The highest BCUT2D eigenvalue weighted by Gasteiger charge is 2.41. The van der Waals surface area contributed by atoms with Crippen molar-refractivity contribution in [2.75, 3.05) is 19.6 Å². The molecule has 2 rings (SSSR count). The first-order chi connectivity index (χ1) is 6.56. The van der Waals surface area contributed by atoms with Gasteiger partial charge < -0.3 is 10.6 Å². The van der Waals surface area contributed by atoms with E-state index in [0.717, 1.165) is 5.92 Å². The van der Waals surface area contributed by atoms with E-state index in [1.165, 1.54) is 38.9 Å². The quantitative estimate of drug-likeness (QED) is 0.668. The molecule has 1 spiro atoms. The molecule has 1 atom stereocenters. The molecule has 1 heterocycles. The molecule has 2 nitrogen and oxygen atoms in total. The molecule has 0 aromatic carbocycles. The summed E-state index contributed by atoms with van der Waals surface area (Å²) in [6.07, 6.45) is 4.15. The maximum absolute atomic E-state index is 3.80. The Kier molecular flexibility index (Phi) is 2.61. The van der Waals surface area contributed by atoms with E-state index >= 15 is 0 Å². The fourth-order valence-corrected chi connectivity index (χ4v) is 2.47. The predicted octanol–water partition coefficient (Wildman–Crippen LogP) is 1.76. The second-order valence-electron chi connectivity index (χ2n) is 5.90. The molecule has 1 unspecified atom stereocenters.